The number of carbonyl (C=O) groups is 1. The van der Waals surface area contributed by atoms with Crippen molar-refractivity contribution in [2.24, 2.45) is 0 Å². The van der Waals surface area contributed by atoms with Crippen LogP contribution in [0, 0.1) is 0 Å². The smallest absolute Gasteiger partial charge is 0.170 e. The Kier molecular flexibility index (Phi) is 5.02. The number of aromatic nitrogens is 1. The standard InChI is InChI=1S/C17H20N2O/c1-19(2)13-10-16(14-8-11-18-12-9-14)17(20)15-6-4-3-5-7-15/h3-9,11-12,16H,10,13H2,1-2H3/t16-/m0/s1. The predicted octanol–water partition coefficient (Wildman–Crippen LogP) is 3.00. The van der Waals surface area contributed by atoms with Crippen molar-refractivity contribution >= 4 is 5.78 Å². The van der Waals surface area contributed by atoms with Crippen LogP contribution >= 0.6 is 0 Å². The maximum atomic E-state index is 12.7. The minimum Gasteiger partial charge on any atom is -0.309 e. The fourth-order valence-electron chi connectivity index (χ4n) is 2.24. The van der Waals surface area contributed by atoms with E-state index in [1.807, 2.05) is 56.6 Å². The van der Waals surface area contributed by atoms with E-state index in [2.05, 4.69) is 9.88 Å². The van der Waals surface area contributed by atoms with Crippen LogP contribution in [0.2, 0.25) is 0 Å². The molecule has 0 spiro atoms. The van der Waals surface area contributed by atoms with Crippen molar-refractivity contribution in [3.05, 3.63) is 66.0 Å². The molecule has 0 saturated heterocycles. The lowest BCUT2D eigenvalue weighted by Gasteiger charge is -2.18. The number of hydrogen-bond acceptors (Lipinski definition) is 3. The Bertz CT molecular complexity index is 537. The van der Waals surface area contributed by atoms with Crippen LogP contribution in [0.25, 0.3) is 0 Å². The van der Waals surface area contributed by atoms with E-state index >= 15 is 0 Å². The van der Waals surface area contributed by atoms with E-state index in [-0.39, 0.29) is 11.7 Å². The van der Waals surface area contributed by atoms with Gasteiger partial charge in [0.1, 0.15) is 0 Å². The van der Waals surface area contributed by atoms with Crippen LogP contribution in [0.1, 0.15) is 28.3 Å². The Morgan fingerprint density at radius 2 is 1.75 bits per heavy atom. The SMILES string of the molecule is CN(C)CC[C@H](C(=O)c1ccccc1)c1ccncc1. The third kappa shape index (κ3) is 3.75. The molecule has 0 fully saturated rings. The van der Waals surface area contributed by atoms with Gasteiger partial charge in [-0.25, -0.2) is 0 Å². The van der Waals surface area contributed by atoms with Gasteiger partial charge in [0.25, 0.3) is 0 Å². The quantitative estimate of drug-likeness (QED) is 0.755. The second kappa shape index (κ2) is 6.96. The van der Waals surface area contributed by atoms with Gasteiger partial charge in [0, 0.05) is 23.9 Å². The largest absolute Gasteiger partial charge is 0.309 e. The maximum Gasteiger partial charge on any atom is 0.170 e. The van der Waals surface area contributed by atoms with Crippen molar-refractivity contribution < 1.29 is 4.79 Å². The van der Waals surface area contributed by atoms with Gasteiger partial charge in [-0.3, -0.25) is 9.78 Å². The Hall–Kier alpha value is -2.00. The molecule has 0 bridgehead atoms. The molecule has 0 N–H and O–H groups in total. The first kappa shape index (κ1) is 14.4. The van der Waals surface area contributed by atoms with Crippen LogP contribution in [-0.4, -0.2) is 36.3 Å². The molecule has 1 atom stereocenters. The Morgan fingerprint density at radius 3 is 2.35 bits per heavy atom. The summed E-state index contributed by atoms with van der Waals surface area (Å²) < 4.78 is 0. The molecule has 0 unspecified atom stereocenters. The van der Waals surface area contributed by atoms with E-state index in [1.54, 1.807) is 12.4 Å². The van der Waals surface area contributed by atoms with Gasteiger partial charge in [-0.05, 0) is 44.8 Å². The van der Waals surface area contributed by atoms with Crippen LogP contribution in [0.15, 0.2) is 54.9 Å². The van der Waals surface area contributed by atoms with E-state index in [9.17, 15) is 4.79 Å². The zero-order valence-electron chi connectivity index (χ0n) is 12.0. The van der Waals surface area contributed by atoms with Crippen LogP contribution in [-0.2, 0) is 0 Å². The van der Waals surface area contributed by atoms with Crippen molar-refractivity contribution in [3.63, 3.8) is 0 Å². The number of Topliss-reactive ketones (excluding diaryl/α,β-unsaturated/α-hetero) is 1. The van der Waals surface area contributed by atoms with E-state index in [4.69, 9.17) is 0 Å². The summed E-state index contributed by atoms with van der Waals surface area (Å²) in [5.41, 5.74) is 1.81. The van der Waals surface area contributed by atoms with Crippen molar-refractivity contribution in [2.75, 3.05) is 20.6 Å². The van der Waals surface area contributed by atoms with Gasteiger partial charge in [0.15, 0.2) is 5.78 Å². The number of rotatable bonds is 6. The minimum atomic E-state index is -0.109. The summed E-state index contributed by atoms with van der Waals surface area (Å²) in [5.74, 6) is 0.0708. The summed E-state index contributed by atoms with van der Waals surface area (Å²) in [5, 5.41) is 0. The molecular formula is C17H20N2O. The molecule has 0 radical (unpaired) electrons. The lowest BCUT2D eigenvalue weighted by Crippen LogP contribution is -2.20. The van der Waals surface area contributed by atoms with Crippen molar-refractivity contribution in [3.8, 4) is 0 Å². The number of benzene rings is 1. The summed E-state index contributed by atoms with van der Waals surface area (Å²) in [7, 11) is 4.05. The van der Waals surface area contributed by atoms with E-state index in [0.29, 0.717) is 0 Å². The zero-order chi connectivity index (χ0) is 14.4. The summed E-state index contributed by atoms with van der Waals surface area (Å²) >= 11 is 0. The molecule has 0 saturated carbocycles. The highest BCUT2D eigenvalue weighted by atomic mass is 16.1. The van der Waals surface area contributed by atoms with Crippen molar-refractivity contribution in [1.82, 2.24) is 9.88 Å². The lowest BCUT2D eigenvalue weighted by atomic mass is 9.88. The van der Waals surface area contributed by atoms with Gasteiger partial charge in [-0.15, -0.1) is 0 Å². The van der Waals surface area contributed by atoms with Crippen LogP contribution in [0.4, 0.5) is 0 Å². The van der Waals surface area contributed by atoms with Crippen LogP contribution in [0.3, 0.4) is 0 Å². The predicted molar refractivity (Wildman–Crippen MR) is 80.9 cm³/mol. The molecule has 0 aliphatic rings. The van der Waals surface area contributed by atoms with Gasteiger partial charge in [-0.1, -0.05) is 30.3 Å². The molecule has 2 rings (SSSR count). The van der Waals surface area contributed by atoms with Gasteiger partial charge in [-0.2, -0.15) is 0 Å². The van der Waals surface area contributed by atoms with Gasteiger partial charge in [0.2, 0.25) is 0 Å². The Balaban J connectivity index is 2.25. The minimum absolute atomic E-state index is 0.109. The highest BCUT2D eigenvalue weighted by Gasteiger charge is 2.21. The average molecular weight is 268 g/mol. The van der Waals surface area contributed by atoms with Gasteiger partial charge >= 0.3 is 0 Å². The molecule has 3 nitrogen and oxygen atoms in total. The first-order valence-corrected chi connectivity index (χ1v) is 6.82. The lowest BCUT2D eigenvalue weighted by molar-refractivity contribution is 0.0951. The second-order valence-electron chi connectivity index (χ2n) is 5.16. The molecule has 1 heterocycles. The van der Waals surface area contributed by atoms with Gasteiger partial charge < -0.3 is 4.90 Å². The van der Waals surface area contributed by atoms with E-state index < -0.39 is 0 Å². The summed E-state index contributed by atoms with van der Waals surface area (Å²) in [6.07, 6.45) is 4.30. The summed E-state index contributed by atoms with van der Waals surface area (Å²) in [6, 6.07) is 13.4. The van der Waals surface area contributed by atoms with Crippen LogP contribution in [0.5, 0.6) is 0 Å². The number of ketones is 1. The number of hydrogen-bond donors (Lipinski definition) is 0. The molecule has 2 aromatic rings. The average Bonchev–Trinajstić information content (AvgIpc) is 2.49. The number of nitrogens with zero attached hydrogens (tertiary/aromatic N) is 2. The molecule has 3 heteroatoms. The Morgan fingerprint density at radius 1 is 1.10 bits per heavy atom. The third-order valence-electron chi connectivity index (χ3n) is 3.35. The molecule has 20 heavy (non-hydrogen) atoms. The fourth-order valence-corrected chi connectivity index (χ4v) is 2.24. The molecule has 0 amide bonds. The van der Waals surface area contributed by atoms with Crippen LogP contribution < -0.4 is 0 Å². The summed E-state index contributed by atoms with van der Waals surface area (Å²) in [4.78, 5) is 18.9. The summed E-state index contributed by atoms with van der Waals surface area (Å²) in [6.45, 7) is 0.881. The first-order chi connectivity index (χ1) is 9.68. The highest BCUT2D eigenvalue weighted by molar-refractivity contribution is 6.00. The second-order valence-corrected chi connectivity index (χ2v) is 5.16. The first-order valence-electron chi connectivity index (χ1n) is 6.82. The highest BCUT2D eigenvalue weighted by Crippen LogP contribution is 2.24. The monoisotopic (exact) mass is 268 g/mol. The normalized spacial score (nSPS) is 12.3. The number of pyridine rings is 1. The van der Waals surface area contributed by atoms with E-state index in [0.717, 1.165) is 24.1 Å². The third-order valence-corrected chi connectivity index (χ3v) is 3.35. The Labute approximate surface area is 120 Å². The van der Waals surface area contributed by atoms with Crippen molar-refractivity contribution in [1.29, 1.82) is 0 Å². The van der Waals surface area contributed by atoms with Gasteiger partial charge in [0.05, 0.1) is 0 Å². The molecule has 1 aromatic heterocycles. The van der Waals surface area contributed by atoms with E-state index in [1.165, 1.54) is 0 Å². The topological polar surface area (TPSA) is 33.2 Å². The number of carbonyl (C=O) groups excluding carboxylic acids is 1. The fraction of sp³-hybridized carbons (Fsp3) is 0.294. The van der Waals surface area contributed by atoms with Crippen molar-refractivity contribution in [2.45, 2.75) is 12.3 Å². The molecule has 1 aromatic carbocycles. The molecule has 104 valence electrons. The molecule has 0 aliphatic heterocycles. The maximum absolute atomic E-state index is 12.7. The zero-order valence-corrected chi connectivity index (χ0v) is 12.0. The molecule has 0 aliphatic carbocycles. The molecular weight excluding hydrogens is 248 g/mol.